The van der Waals surface area contributed by atoms with Gasteiger partial charge in [0, 0.05) is 36.3 Å². The van der Waals surface area contributed by atoms with E-state index in [1.807, 2.05) is 23.9 Å². The fourth-order valence-corrected chi connectivity index (χ4v) is 4.15. The molecule has 0 unspecified atom stereocenters. The van der Waals surface area contributed by atoms with Gasteiger partial charge in [0.25, 0.3) is 0 Å². The summed E-state index contributed by atoms with van der Waals surface area (Å²) in [6, 6.07) is 14.4. The predicted molar refractivity (Wildman–Crippen MR) is 122 cm³/mol. The third kappa shape index (κ3) is 5.39. The van der Waals surface area contributed by atoms with Crippen LogP contribution < -0.4 is 18.8 Å². The van der Waals surface area contributed by atoms with Gasteiger partial charge in [-0.2, -0.15) is 4.57 Å². The minimum absolute atomic E-state index is 0.602. The Kier molecular flexibility index (Phi) is 7.85. The van der Waals surface area contributed by atoms with Gasteiger partial charge in [0.05, 0.1) is 21.3 Å². The zero-order valence-electron chi connectivity index (χ0n) is 18.0. The summed E-state index contributed by atoms with van der Waals surface area (Å²) in [4.78, 5) is 0. The first kappa shape index (κ1) is 21.8. The van der Waals surface area contributed by atoms with E-state index in [1.165, 1.54) is 10.7 Å². The fourth-order valence-electron chi connectivity index (χ4n) is 3.23. The molecule has 0 aliphatic heterocycles. The lowest BCUT2D eigenvalue weighted by atomic mass is 10.1. The topological polar surface area (TPSA) is 36.5 Å². The van der Waals surface area contributed by atoms with Gasteiger partial charge in [0.15, 0.2) is 17.7 Å². The smallest absolute Gasteiger partial charge is 0.239 e. The van der Waals surface area contributed by atoms with E-state index in [4.69, 9.17) is 14.2 Å². The second-order valence-electron chi connectivity index (χ2n) is 6.77. The molecule has 6 heteroatoms. The van der Waals surface area contributed by atoms with E-state index in [0.29, 0.717) is 17.2 Å². The lowest BCUT2D eigenvalue weighted by molar-refractivity contribution is -0.708. The Morgan fingerprint density at radius 1 is 0.967 bits per heavy atom. The van der Waals surface area contributed by atoms with Crippen LogP contribution in [0.15, 0.2) is 59.9 Å². The third-order valence-electron chi connectivity index (χ3n) is 4.80. The molecule has 3 rings (SSSR count). The molecule has 5 nitrogen and oxygen atoms in total. The lowest BCUT2D eigenvalue weighted by Crippen LogP contribution is -2.29. The zero-order valence-corrected chi connectivity index (χ0v) is 18.8. The van der Waals surface area contributed by atoms with Gasteiger partial charge in [-0.3, -0.25) is 0 Å². The van der Waals surface area contributed by atoms with E-state index >= 15 is 0 Å². The number of ether oxygens (including phenoxy) is 3. The molecule has 0 bridgehead atoms. The van der Waals surface area contributed by atoms with E-state index in [0.717, 1.165) is 24.3 Å². The van der Waals surface area contributed by atoms with Crippen LogP contribution >= 0.6 is 11.8 Å². The molecule has 3 aromatic rings. The highest BCUT2D eigenvalue weighted by atomic mass is 32.2. The summed E-state index contributed by atoms with van der Waals surface area (Å²) in [6.07, 6.45) is 9.49. The summed E-state index contributed by atoms with van der Waals surface area (Å²) < 4.78 is 20.7. The first-order chi connectivity index (χ1) is 14.7. The molecule has 0 spiro atoms. The molecule has 0 amide bonds. The molecule has 0 radical (unpaired) electrons. The summed E-state index contributed by atoms with van der Waals surface area (Å²) in [6.45, 7) is 0.978. The van der Waals surface area contributed by atoms with Gasteiger partial charge in [0.2, 0.25) is 10.8 Å². The Hall–Kier alpha value is -2.86. The molecule has 30 heavy (non-hydrogen) atoms. The maximum absolute atomic E-state index is 5.44. The van der Waals surface area contributed by atoms with Crippen molar-refractivity contribution in [1.29, 1.82) is 0 Å². The minimum Gasteiger partial charge on any atom is -0.493 e. The molecule has 158 valence electrons. The fraction of sp³-hybridized carbons (Fsp3) is 0.292. The van der Waals surface area contributed by atoms with Crippen molar-refractivity contribution >= 4 is 23.9 Å². The van der Waals surface area contributed by atoms with Crippen LogP contribution in [0.2, 0.25) is 0 Å². The van der Waals surface area contributed by atoms with Crippen molar-refractivity contribution in [3.8, 4) is 17.2 Å². The second-order valence-corrected chi connectivity index (χ2v) is 7.89. The first-order valence-electron chi connectivity index (χ1n) is 9.87. The monoisotopic (exact) mass is 425 g/mol. The average Bonchev–Trinajstić information content (AvgIpc) is 3.22. The van der Waals surface area contributed by atoms with Gasteiger partial charge in [-0.25, -0.2) is 0 Å². The number of rotatable bonds is 10. The SMILES string of the molecule is COc1cc(/C=C/c2cccn2CCCSc2cccc[n+]2C)cc(OC)c1OC. The summed E-state index contributed by atoms with van der Waals surface area (Å²) in [7, 11) is 6.95. The van der Waals surface area contributed by atoms with Crippen LogP contribution in [0, 0.1) is 0 Å². The van der Waals surface area contributed by atoms with Crippen LogP contribution in [0.4, 0.5) is 0 Å². The van der Waals surface area contributed by atoms with Crippen LogP contribution in [-0.4, -0.2) is 31.6 Å². The minimum atomic E-state index is 0.602. The van der Waals surface area contributed by atoms with Gasteiger partial charge in [0.1, 0.15) is 7.05 Å². The number of nitrogens with zero attached hydrogens (tertiary/aromatic N) is 2. The molecule has 0 N–H and O–H groups in total. The number of pyridine rings is 1. The molecule has 0 aliphatic rings. The Bertz CT molecular complexity index is 973. The van der Waals surface area contributed by atoms with Crippen molar-refractivity contribution in [2.45, 2.75) is 18.0 Å². The number of benzene rings is 1. The first-order valence-corrected chi connectivity index (χ1v) is 10.9. The van der Waals surface area contributed by atoms with Gasteiger partial charge in [-0.05, 0) is 48.4 Å². The van der Waals surface area contributed by atoms with E-state index in [2.05, 4.69) is 71.1 Å². The van der Waals surface area contributed by atoms with Crippen molar-refractivity contribution in [3.63, 3.8) is 0 Å². The Labute approximate surface area is 182 Å². The van der Waals surface area contributed by atoms with Crippen LogP contribution in [-0.2, 0) is 13.6 Å². The normalized spacial score (nSPS) is 11.1. The van der Waals surface area contributed by atoms with Gasteiger partial charge < -0.3 is 18.8 Å². The highest BCUT2D eigenvalue weighted by Crippen LogP contribution is 2.38. The van der Waals surface area contributed by atoms with Crippen LogP contribution in [0.5, 0.6) is 17.2 Å². The number of aryl methyl sites for hydroxylation is 2. The maximum Gasteiger partial charge on any atom is 0.239 e. The molecule has 0 saturated carbocycles. The molecule has 0 aliphatic carbocycles. The Morgan fingerprint density at radius 3 is 2.40 bits per heavy atom. The third-order valence-corrected chi connectivity index (χ3v) is 6.01. The van der Waals surface area contributed by atoms with E-state index in [1.54, 1.807) is 21.3 Å². The molecule has 2 heterocycles. The summed E-state index contributed by atoms with van der Waals surface area (Å²) in [5, 5.41) is 1.28. The van der Waals surface area contributed by atoms with Crippen LogP contribution in [0.3, 0.4) is 0 Å². The van der Waals surface area contributed by atoms with Crippen molar-refractivity contribution in [1.82, 2.24) is 4.57 Å². The number of methoxy groups -OCH3 is 3. The Balaban J connectivity index is 1.64. The van der Waals surface area contributed by atoms with Crippen molar-refractivity contribution in [3.05, 3.63) is 66.1 Å². The summed E-state index contributed by atoms with van der Waals surface area (Å²) >= 11 is 1.89. The highest BCUT2D eigenvalue weighted by Gasteiger charge is 2.12. The largest absolute Gasteiger partial charge is 0.493 e. The van der Waals surface area contributed by atoms with Gasteiger partial charge in [-0.15, -0.1) is 0 Å². The van der Waals surface area contributed by atoms with E-state index in [9.17, 15) is 0 Å². The van der Waals surface area contributed by atoms with Gasteiger partial charge >= 0.3 is 0 Å². The summed E-state index contributed by atoms with van der Waals surface area (Å²) in [5.41, 5.74) is 2.16. The van der Waals surface area contributed by atoms with Crippen molar-refractivity contribution < 1.29 is 18.8 Å². The zero-order chi connectivity index (χ0) is 21.3. The predicted octanol–water partition coefficient (Wildman–Crippen LogP) is 4.69. The van der Waals surface area contributed by atoms with E-state index in [-0.39, 0.29) is 0 Å². The lowest BCUT2D eigenvalue weighted by Gasteiger charge is -2.13. The Morgan fingerprint density at radius 2 is 1.73 bits per heavy atom. The van der Waals surface area contributed by atoms with Crippen molar-refractivity contribution in [2.75, 3.05) is 27.1 Å². The molecule has 2 aromatic heterocycles. The average molecular weight is 426 g/mol. The summed E-state index contributed by atoms with van der Waals surface area (Å²) in [5.74, 6) is 2.98. The number of hydrogen-bond acceptors (Lipinski definition) is 4. The number of aromatic nitrogens is 2. The van der Waals surface area contributed by atoms with Gasteiger partial charge in [-0.1, -0.05) is 17.8 Å². The second kappa shape index (κ2) is 10.8. The molecule has 1 aromatic carbocycles. The maximum atomic E-state index is 5.44. The highest BCUT2D eigenvalue weighted by molar-refractivity contribution is 7.99. The molecule has 0 atom stereocenters. The number of thioether (sulfide) groups is 1. The molecule has 0 saturated heterocycles. The molecular weight excluding hydrogens is 396 g/mol. The molecule has 0 fully saturated rings. The molecular formula is C24H29N2O3S+. The quantitative estimate of drug-likeness (QED) is 0.268. The van der Waals surface area contributed by atoms with Crippen molar-refractivity contribution in [2.24, 2.45) is 7.05 Å². The van der Waals surface area contributed by atoms with Crippen LogP contribution in [0.1, 0.15) is 17.7 Å². The number of hydrogen-bond donors (Lipinski definition) is 0. The van der Waals surface area contributed by atoms with E-state index < -0.39 is 0 Å². The van der Waals surface area contributed by atoms with Crippen LogP contribution in [0.25, 0.3) is 12.2 Å². The standard InChI is InChI=1S/C24H29N2O3S/c1-25-13-6-5-10-23(25)30-16-8-15-26-14-7-9-20(26)12-11-19-17-21(27-2)24(29-4)22(18-19)28-3/h5-7,9-14,17-18H,8,15-16H2,1-4H3/q+1/b12-11+.